The van der Waals surface area contributed by atoms with Gasteiger partial charge in [0.1, 0.15) is 5.69 Å². The molecule has 1 saturated heterocycles. The maximum atomic E-state index is 13.1. The highest BCUT2D eigenvalue weighted by atomic mass is 32.2. The molecule has 1 aliphatic rings. The number of hydrogen-bond donors (Lipinski definition) is 0. The van der Waals surface area contributed by atoms with Gasteiger partial charge in [0.2, 0.25) is 10.0 Å². The van der Waals surface area contributed by atoms with Gasteiger partial charge in [0, 0.05) is 18.7 Å². The largest absolute Gasteiger partial charge is 0.246 e. The van der Waals surface area contributed by atoms with Gasteiger partial charge in [0.15, 0.2) is 0 Å². The van der Waals surface area contributed by atoms with Crippen LogP contribution in [0.25, 0.3) is 22.4 Å². The summed E-state index contributed by atoms with van der Waals surface area (Å²) < 4.78 is 29.4. The molecule has 0 unspecified atom stereocenters. The molecule has 1 aliphatic heterocycles. The van der Waals surface area contributed by atoms with Crippen molar-refractivity contribution in [3.05, 3.63) is 91.1 Å². The molecule has 5 rings (SSSR count). The minimum absolute atomic E-state index is 0.0120. The third kappa shape index (κ3) is 3.42. The first-order chi connectivity index (χ1) is 14.6. The van der Waals surface area contributed by atoms with Crippen LogP contribution in [0.15, 0.2) is 96.0 Å². The van der Waals surface area contributed by atoms with E-state index in [0.717, 1.165) is 22.4 Å². The van der Waals surface area contributed by atoms with Crippen molar-refractivity contribution in [3.63, 3.8) is 0 Å². The Morgan fingerprint density at radius 3 is 2.10 bits per heavy atom. The summed E-state index contributed by atoms with van der Waals surface area (Å²) in [5.41, 5.74) is 3.65. The summed E-state index contributed by atoms with van der Waals surface area (Å²) in [4.78, 5) is 0.311. The molecule has 0 N–H and O–H groups in total. The van der Waals surface area contributed by atoms with E-state index in [1.807, 2.05) is 72.9 Å². The van der Waals surface area contributed by atoms with Crippen molar-refractivity contribution in [2.45, 2.75) is 10.9 Å². The van der Waals surface area contributed by atoms with Crippen LogP contribution >= 0.6 is 0 Å². The van der Waals surface area contributed by atoms with Crippen molar-refractivity contribution >= 4 is 10.0 Å². The van der Waals surface area contributed by atoms with Crippen molar-refractivity contribution in [3.8, 4) is 22.4 Å². The second-order valence-corrected chi connectivity index (χ2v) is 9.26. The lowest BCUT2D eigenvalue weighted by Crippen LogP contribution is -2.50. The minimum Gasteiger partial charge on any atom is -0.246 e. The highest BCUT2D eigenvalue weighted by molar-refractivity contribution is 7.89. The van der Waals surface area contributed by atoms with Crippen LogP contribution in [-0.4, -0.2) is 40.8 Å². The number of sulfonamides is 1. The van der Waals surface area contributed by atoms with E-state index in [1.165, 1.54) is 4.31 Å². The van der Waals surface area contributed by atoms with E-state index >= 15 is 0 Å². The molecule has 0 atom stereocenters. The Balaban J connectivity index is 1.32. The first-order valence-electron chi connectivity index (χ1n) is 9.74. The van der Waals surface area contributed by atoms with Gasteiger partial charge in [-0.2, -0.15) is 4.31 Å². The van der Waals surface area contributed by atoms with Gasteiger partial charge in [-0.15, -0.1) is 5.10 Å². The molecule has 30 heavy (non-hydrogen) atoms. The second-order valence-electron chi connectivity index (χ2n) is 7.32. The molecular weight excluding hydrogens is 396 g/mol. The molecule has 150 valence electrons. The van der Waals surface area contributed by atoms with Crippen molar-refractivity contribution in [2.75, 3.05) is 13.1 Å². The lowest BCUT2D eigenvalue weighted by molar-refractivity contribution is 0.189. The third-order valence-electron chi connectivity index (χ3n) is 5.36. The lowest BCUT2D eigenvalue weighted by atomic mass is 10.1. The number of nitrogens with zero attached hydrogens (tertiary/aromatic N) is 4. The molecule has 0 spiro atoms. The Kier molecular flexibility index (Phi) is 4.69. The second kappa shape index (κ2) is 7.51. The van der Waals surface area contributed by atoms with E-state index in [-0.39, 0.29) is 6.04 Å². The predicted molar refractivity (Wildman–Crippen MR) is 115 cm³/mol. The molecule has 1 fully saturated rings. The van der Waals surface area contributed by atoms with Gasteiger partial charge in [0.25, 0.3) is 0 Å². The number of hydrogen-bond acceptors (Lipinski definition) is 4. The molecule has 3 aromatic carbocycles. The summed E-state index contributed by atoms with van der Waals surface area (Å²) in [7, 11) is -3.55. The van der Waals surface area contributed by atoms with Crippen LogP contribution in [0.4, 0.5) is 0 Å². The smallest absolute Gasteiger partial charge is 0.243 e. The molecule has 1 aromatic heterocycles. The molecule has 6 nitrogen and oxygen atoms in total. The van der Waals surface area contributed by atoms with Crippen LogP contribution in [-0.2, 0) is 10.0 Å². The van der Waals surface area contributed by atoms with Gasteiger partial charge in [-0.25, -0.2) is 13.1 Å². The zero-order chi connectivity index (χ0) is 20.6. The number of aromatic nitrogens is 3. The average molecular weight is 417 g/mol. The fraction of sp³-hybridized carbons (Fsp3) is 0.130. The van der Waals surface area contributed by atoms with E-state index in [1.54, 1.807) is 22.9 Å². The van der Waals surface area contributed by atoms with E-state index in [0.29, 0.717) is 18.0 Å². The third-order valence-corrected chi connectivity index (χ3v) is 7.19. The Labute approximate surface area is 175 Å². The molecule has 0 aliphatic carbocycles. The predicted octanol–water partition coefficient (Wildman–Crippen LogP) is 3.86. The van der Waals surface area contributed by atoms with Crippen LogP contribution in [0, 0.1) is 0 Å². The Hall–Kier alpha value is -3.29. The van der Waals surface area contributed by atoms with E-state index < -0.39 is 10.0 Å². The van der Waals surface area contributed by atoms with Crippen LogP contribution < -0.4 is 0 Å². The normalized spacial score (nSPS) is 15.1. The van der Waals surface area contributed by atoms with Gasteiger partial charge in [0.05, 0.1) is 17.1 Å². The van der Waals surface area contributed by atoms with Gasteiger partial charge in [-0.1, -0.05) is 78.0 Å². The highest BCUT2D eigenvalue weighted by Gasteiger charge is 2.38. The molecule has 7 heteroatoms. The van der Waals surface area contributed by atoms with Gasteiger partial charge < -0.3 is 0 Å². The molecule has 0 radical (unpaired) electrons. The molecule has 0 amide bonds. The first-order valence-corrected chi connectivity index (χ1v) is 11.2. The summed E-state index contributed by atoms with van der Waals surface area (Å²) in [6.07, 6.45) is 1.87. The Morgan fingerprint density at radius 1 is 0.767 bits per heavy atom. The maximum absolute atomic E-state index is 13.1. The quantitative estimate of drug-likeness (QED) is 0.495. The van der Waals surface area contributed by atoms with E-state index in [9.17, 15) is 8.42 Å². The maximum Gasteiger partial charge on any atom is 0.243 e. The first kappa shape index (κ1) is 18.7. The summed E-state index contributed by atoms with van der Waals surface area (Å²) in [6.45, 7) is 0.769. The topological polar surface area (TPSA) is 68.1 Å². The fourth-order valence-electron chi connectivity index (χ4n) is 3.59. The summed E-state index contributed by atoms with van der Waals surface area (Å²) in [6, 6.07) is 26.7. The van der Waals surface area contributed by atoms with Crippen molar-refractivity contribution in [1.29, 1.82) is 0 Å². The zero-order valence-electron chi connectivity index (χ0n) is 16.2. The van der Waals surface area contributed by atoms with Crippen molar-refractivity contribution in [1.82, 2.24) is 19.3 Å². The average Bonchev–Trinajstić information content (AvgIpc) is 3.23. The summed E-state index contributed by atoms with van der Waals surface area (Å²) >= 11 is 0. The summed E-state index contributed by atoms with van der Waals surface area (Å²) in [5.74, 6) is 0. The van der Waals surface area contributed by atoms with E-state index in [2.05, 4.69) is 10.3 Å². The van der Waals surface area contributed by atoms with E-state index in [4.69, 9.17) is 0 Å². The molecule has 2 heterocycles. The molecular formula is C23H20N4O2S. The zero-order valence-corrected chi connectivity index (χ0v) is 17.0. The van der Waals surface area contributed by atoms with Crippen LogP contribution in [0.3, 0.4) is 0 Å². The summed E-state index contributed by atoms with van der Waals surface area (Å²) in [5, 5.41) is 8.43. The standard InChI is InChI=1S/C23H20N4O2S/c28-30(29,22-13-7-12-20(14-22)18-8-3-1-4-9-18)26-15-21(16-26)27-17-23(24-25-27)19-10-5-2-6-11-19/h1-14,17,21H,15-16H2. The van der Waals surface area contributed by atoms with Crippen molar-refractivity contribution < 1.29 is 8.42 Å². The number of benzene rings is 3. The minimum atomic E-state index is -3.55. The molecule has 4 aromatic rings. The Morgan fingerprint density at radius 2 is 1.40 bits per heavy atom. The van der Waals surface area contributed by atoms with Gasteiger partial charge >= 0.3 is 0 Å². The van der Waals surface area contributed by atoms with Gasteiger partial charge in [-0.05, 0) is 23.3 Å². The Bertz CT molecular complexity index is 1260. The van der Waals surface area contributed by atoms with Gasteiger partial charge in [-0.3, -0.25) is 0 Å². The van der Waals surface area contributed by atoms with Crippen LogP contribution in [0.5, 0.6) is 0 Å². The highest BCUT2D eigenvalue weighted by Crippen LogP contribution is 2.30. The number of rotatable bonds is 5. The fourth-order valence-corrected chi connectivity index (χ4v) is 5.15. The van der Waals surface area contributed by atoms with Crippen LogP contribution in [0.1, 0.15) is 6.04 Å². The van der Waals surface area contributed by atoms with Crippen LogP contribution in [0.2, 0.25) is 0 Å². The molecule has 0 bridgehead atoms. The molecule has 0 saturated carbocycles. The van der Waals surface area contributed by atoms with Crippen molar-refractivity contribution in [2.24, 2.45) is 0 Å². The SMILES string of the molecule is O=S(=O)(c1cccc(-c2ccccc2)c1)N1CC(n2cc(-c3ccccc3)nn2)C1. The monoisotopic (exact) mass is 416 g/mol. The lowest BCUT2D eigenvalue weighted by Gasteiger charge is -2.37.